The molecule has 0 spiro atoms. The van der Waals surface area contributed by atoms with E-state index in [-0.39, 0.29) is 11.8 Å². The van der Waals surface area contributed by atoms with E-state index in [0.29, 0.717) is 37.6 Å². The Bertz CT molecular complexity index is 699. The molecule has 1 aromatic heterocycles. The number of benzene rings is 1. The van der Waals surface area contributed by atoms with Gasteiger partial charge in [0.1, 0.15) is 5.82 Å². The van der Waals surface area contributed by atoms with Gasteiger partial charge < -0.3 is 14.8 Å². The summed E-state index contributed by atoms with van der Waals surface area (Å²) in [6, 6.07) is 5.29. The molecule has 2 aromatic rings. The van der Waals surface area contributed by atoms with Gasteiger partial charge in [0.05, 0.1) is 11.0 Å². The molecule has 1 N–H and O–H groups in total. The van der Waals surface area contributed by atoms with Crippen molar-refractivity contribution in [1.29, 1.82) is 0 Å². The average Bonchev–Trinajstić information content (AvgIpc) is 2.85. The summed E-state index contributed by atoms with van der Waals surface area (Å²) in [5.41, 5.74) is 2.09. The number of hydrogen-bond acceptors (Lipinski definition) is 3. The van der Waals surface area contributed by atoms with Crippen LogP contribution in [0.5, 0.6) is 0 Å². The Morgan fingerprint density at radius 2 is 1.86 bits per heavy atom. The fourth-order valence-corrected chi connectivity index (χ4v) is 2.57. The smallest absolute Gasteiger partial charge is 0.254 e. The maximum absolute atomic E-state index is 12.5. The normalized spacial score (nSPS) is 15.5. The topological polar surface area (TPSA) is 69.3 Å². The minimum Gasteiger partial charge on any atom is -0.342 e. The van der Waals surface area contributed by atoms with Crippen molar-refractivity contribution in [3.63, 3.8) is 0 Å². The highest BCUT2D eigenvalue weighted by molar-refractivity contribution is 5.97. The molecule has 108 valence electrons. The molecule has 6 heteroatoms. The van der Waals surface area contributed by atoms with Crippen LogP contribution in [0.2, 0.25) is 0 Å². The third kappa shape index (κ3) is 2.61. The first-order valence-corrected chi connectivity index (χ1v) is 6.84. The molecule has 0 atom stereocenters. The molecule has 6 nitrogen and oxygen atoms in total. The zero-order valence-electron chi connectivity index (χ0n) is 11.8. The van der Waals surface area contributed by atoms with E-state index in [0.717, 1.165) is 11.0 Å². The van der Waals surface area contributed by atoms with E-state index in [4.69, 9.17) is 6.92 Å². The summed E-state index contributed by atoms with van der Waals surface area (Å²) in [6.45, 7) is 9.43. The number of amides is 2. The minimum atomic E-state index is -0.0340. The summed E-state index contributed by atoms with van der Waals surface area (Å²) in [5, 5.41) is 0. The molecule has 1 aliphatic heterocycles. The number of imidazole rings is 1. The van der Waals surface area contributed by atoms with E-state index in [1.807, 2.05) is 0 Å². The quantitative estimate of drug-likeness (QED) is 0.847. The second-order valence-electron chi connectivity index (χ2n) is 5.15. The third-order valence-electron chi connectivity index (χ3n) is 3.76. The van der Waals surface area contributed by atoms with Crippen molar-refractivity contribution in [1.82, 2.24) is 19.8 Å². The molecule has 0 bridgehead atoms. The standard InChI is InChI=1S/C15H16N4O2/c1-10-16-13-4-3-12(9-14(13)17-10)15(21)19-7-5-18(6-8-19)11(2)20/h1,3-4,9H,5-8H2,2H3,(H,16,17). The van der Waals surface area contributed by atoms with Crippen molar-refractivity contribution in [2.45, 2.75) is 6.92 Å². The van der Waals surface area contributed by atoms with Crippen LogP contribution in [-0.2, 0) is 4.79 Å². The molecule has 0 unspecified atom stereocenters. The van der Waals surface area contributed by atoms with Gasteiger partial charge in [0.2, 0.25) is 5.91 Å². The van der Waals surface area contributed by atoms with Gasteiger partial charge in [-0.05, 0) is 18.2 Å². The minimum absolute atomic E-state index is 0.0340. The highest BCUT2D eigenvalue weighted by atomic mass is 16.2. The number of nitrogens with zero attached hydrogens (tertiary/aromatic N) is 3. The van der Waals surface area contributed by atoms with Gasteiger partial charge in [-0.15, -0.1) is 0 Å². The zero-order valence-corrected chi connectivity index (χ0v) is 11.8. The van der Waals surface area contributed by atoms with Crippen LogP contribution in [-0.4, -0.2) is 57.8 Å². The summed E-state index contributed by atoms with van der Waals surface area (Å²) in [7, 11) is 0. The van der Waals surface area contributed by atoms with Crippen LogP contribution in [0.25, 0.3) is 11.0 Å². The monoisotopic (exact) mass is 284 g/mol. The third-order valence-corrected chi connectivity index (χ3v) is 3.76. The zero-order chi connectivity index (χ0) is 15.0. The Morgan fingerprint density at radius 1 is 1.19 bits per heavy atom. The second-order valence-corrected chi connectivity index (χ2v) is 5.15. The molecule has 1 aromatic carbocycles. The number of rotatable bonds is 1. The molecule has 2 heterocycles. The van der Waals surface area contributed by atoms with Crippen LogP contribution in [0, 0.1) is 6.92 Å². The second kappa shape index (κ2) is 5.20. The van der Waals surface area contributed by atoms with Crippen LogP contribution >= 0.6 is 0 Å². The average molecular weight is 284 g/mol. The molecule has 21 heavy (non-hydrogen) atoms. The lowest BCUT2D eigenvalue weighted by atomic mass is 10.1. The van der Waals surface area contributed by atoms with Gasteiger partial charge in [0.15, 0.2) is 0 Å². The number of fused-ring (bicyclic) bond motifs is 1. The Morgan fingerprint density at radius 3 is 2.52 bits per heavy atom. The number of nitrogens with one attached hydrogen (secondary N) is 1. The number of piperazine rings is 1. The number of aromatic amines is 1. The predicted molar refractivity (Wildman–Crippen MR) is 77.7 cm³/mol. The Labute approximate surface area is 122 Å². The van der Waals surface area contributed by atoms with Gasteiger partial charge in [0, 0.05) is 45.6 Å². The number of H-pyrrole nitrogens is 1. The molecule has 0 saturated carbocycles. The summed E-state index contributed by atoms with van der Waals surface area (Å²) in [6.07, 6.45) is 0. The first-order valence-electron chi connectivity index (χ1n) is 6.84. The van der Waals surface area contributed by atoms with Crippen molar-refractivity contribution in [3.05, 3.63) is 36.5 Å². The predicted octanol–water partition coefficient (Wildman–Crippen LogP) is 0.926. The summed E-state index contributed by atoms with van der Waals surface area (Å²) < 4.78 is 0. The van der Waals surface area contributed by atoms with E-state index >= 15 is 0 Å². The van der Waals surface area contributed by atoms with Gasteiger partial charge in [-0.3, -0.25) is 9.59 Å². The van der Waals surface area contributed by atoms with Gasteiger partial charge in [-0.2, -0.15) is 0 Å². The number of carbonyl (C=O) groups excluding carboxylic acids is 2. The van der Waals surface area contributed by atoms with Crippen molar-refractivity contribution in [3.8, 4) is 0 Å². The Hall–Kier alpha value is -2.37. The summed E-state index contributed by atoms with van der Waals surface area (Å²) >= 11 is 0. The number of carbonyl (C=O) groups is 2. The number of aromatic nitrogens is 2. The lowest BCUT2D eigenvalue weighted by Gasteiger charge is -2.34. The maximum Gasteiger partial charge on any atom is 0.254 e. The highest BCUT2D eigenvalue weighted by Crippen LogP contribution is 2.16. The first kappa shape index (κ1) is 13.6. The van der Waals surface area contributed by atoms with Gasteiger partial charge in [-0.25, -0.2) is 4.98 Å². The number of hydrogen-bond donors (Lipinski definition) is 1. The molecular weight excluding hydrogens is 268 g/mol. The maximum atomic E-state index is 12.5. The van der Waals surface area contributed by atoms with E-state index in [2.05, 4.69) is 9.97 Å². The van der Waals surface area contributed by atoms with Crippen molar-refractivity contribution >= 4 is 22.8 Å². The fourth-order valence-electron chi connectivity index (χ4n) is 2.57. The lowest BCUT2D eigenvalue weighted by Crippen LogP contribution is -2.50. The summed E-state index contributed by atoms with van der Waals surface area (Å²) in [5.74, 6) is 0.356. The van der Waals surface area contributed by atoms with Crippen molar-refractivity contribution in [2.24, 2.45) is 0 Å². The van der Waals surface area contributed by atoms with E-state index in [1.54, 1.807) is 34.9 Å². The van der Waals surface area contributed by atoms with Crippen LogP contribution in [0.15, 0.2) is 18.2 Å². The molecule has 1 fully saturated rings. The van der Waals surface area contributed by atoms with Crippen molar-refractivity contribution in [2.75, 3.05) is 26.2 Å². The summed E-state index contributed by atoms with van der Waals surface area (Å²) in [4.78, 5) is 34.3. The lowest BCUT2D eigenvalue weighted by molar-refractivity contribution is -0.130. The van der Waals surface area contributed by atoms with Crippen molar-refractivity contribution < 1.29 is 9.59 Å². The molecule has 1 aliphatic rings. The highest BCUT2D eigenvalue weighted by Gasteiger charge is 2.23. The van der Waals surface area contributed by atoms with Crippen LogP contribution in [0.4, 0.5) is 0 Å². The first-order chi connectivity index (χ1) is 10.0. The van der Waals surface area contributed by atoms with Crippen LogP contribution in [0.3, 0.4) is 0 Å². The van der Waals surface area contributed by atoms with Crippen LogP contribution < -0.4 is 0 Å². The molecule has 1 saturated heterocycles. The Kier molecular flexibility index (Phi) is 3.37. The van der Waals surface area contributed by atoms with Gasteiger partial charge in [-0.1, -0.05) is 0 Å². The molecule has 2 amide bonds. The van der Waals surface area contributed by atoms with E-state index < -0.39 is 0 Å². The van der Waals surface area contributed by atoms with E-state index in [9.17, 15) is 9.59 Å². The fraction of sp³-hybridized carbons (Fsp3) is 0.333. The van der Waals surface area contributed by atoms with Crippen LogP contribution in [0.1, 0.15) is 23.1 Å². The molecular formula is C15H16N4O2. The van der Waals surface area contributed by atoms with Gasteiger partial charge >= 0.3 is 0 Å². The largest absolute Gasteiger partial charge is 0.342 e. The van der Waals surface area contributed by atoms with Gasteiger partial charge in [0.25, 0.3) is 5.91 Å². The SMILES string of the molecule is [CH]c1nc2ccc(C(=O)N3CCN(C(C)=O)CC3)cc2[nH]1. The molecule has 3 rings (SSSR count). The molecule has 0 aliphatic carbocycles. The molecule has 2 radical (unpaired) electrons. The Balaban J connectivity index is 1.76. The van der Waals surface area contributed by atoms with E-state index in [1.165, 1.54) is 0 Å².